The van der Waals surface area contributed by atoms with Crippen LogP contribution in [-0.2, 0) is 0 Å². The first-order chi connectivity index (χ1) is 11.7. The highest BCUT2D eigenvalue weighted by Gasteiger charge is 2.03. The van der Waals surface area contributed by atoms with Gasteiger partial charge in [-0.2, -0.15) is 5.10 Å². The van der Waals surface area contributed by atoms with Crippen molar-refractivity contribution < 1.29 is 9.53 Å². The van der Waals surface area contributed by atoms with Crippen molar-refractivity contribution in [1.82, 2.24) is 9.78 Å². The number of nitrogens with zero attached hydrogens (tertiary/aromatic N) is 3. The summed E-state index contributed by atoms with van der Waals surface area (Å²) >= 11 is 1.06. The van der Waals surface area contributed by atoms with Crippen LogP contribution in [0.2, 0.25) is 0 Å². The van der Waals surface area contributed by atoms with Crippen LogP contribution in [0.3, 0.4) is 0 Å². The monoisotopic (exact) mass is 337 g/mol. The third-order valence-corrected chi connectivity index (χ3v) is 3.98. The number of methoxy groups -OCH3 is 1. The van der Waals surface area contributed by atoms with E-state index in [-0.39, 0.29) is 5.24 Å². The Hall–Kier alpha value is -2.86. The predicted octanol–water partition coefficient (Wildman–Crippen LogP) is 3.69. The van der Waals surface area contributed by atoms with E-state index in [0.717, 1.165) is 28.1 Å². The molecule has 0 spiro atoms. The number of rotatable bonds is 3. The number of hydrogen-bond acceptors (Lipinski definition) is 4. The molecule has 1 aromatic heterocycles. The number of benzene rings is 2. The first kappa shape index (κ1) is 16.0. The average Bonchev–Trinajstić information content (AvgIpc) is 2.64. The zero-order valence-corrected chi connectivity index (χ0v) is 13.8. The number of ether oxygens (including phenoxy) is 1. The van der Waals surface area contributed by atoms with Crippen LogP contribution in [0.25, 0.3) is 5.69 Å². The molecule has 0 aliphatic heterocycles. The van der Waals surface area contributed by atoms with Crippen molar-refractivity contribution in [2.24, 2.45) is 4.99 Å². The van der Waals surface area contributed by atoms with E-state index in [1.165, 1.54) is 0 Å². The van der Waals surface area contributed by atoms with E-state index in [1.54, 1.807) is 30.3 Å². The zero-order valence-electron chi connectivity index (χ0n) is 13.0. The van der Waals surface area contributed by atoms with E-state index >= 15 is 0 Å². The molecule has 0 aliphatic carbocycles. The molecule has 5 nitrogen and oxygen atoms in total. The number of para-hydroxylation sites is 1. The summed E-state index contributed by atoms with van der Waals surface area (Å²) in [7, 11) is 1.60. The van der Waals surface area contributed by atoms with Gasteiger partial charge in [0.15, 0.2) is 0 Å². The summed E-state index contributed by atoms with van der Waals surface area (Å²) in [5.74, 6) is 0.751. The molecule has 3 aromatic rings. The number of thioether (sulfide) groups is 1. The highest BCUT2D eigenvalue weighted by atomic mass is 32.2. The molecule has 0 atom stereocenters. The van der Waals surface area contributed by atoms with Gasteiger partial charge in [-0.1, -0.05) is 18.2 Å². The number of aromatic nitrogens is 2. The van der Waals surface area contributed by atoms with Gasteiger partial charge >= 0.3 is 5.24 Å². The van der Waals surface area contributed by atoms with Gasteiger partial charge in [0.2, 0.25) is 0 Å². The maximum absolute atomic E-state index is 12.0. The van der Waals surface area contributed by atoms with Gasteiger partial charge in [0.05, 0.1) is 24.4 Å². The standard InChI is InChI=1S/C18H15N3O2S/c1-23-16-7-9-17(10-8-16)24-18(22)20-14-11-12-21(19-13-14)15-5-3-2-4-6-15/h2-13H,1H3. The van der Waals surface area contributed by atoms with Crippen molar-refractivity contribution in [3.05, 3.63) is 78.4 Å². The molecule has 1 amide bonds. The van der Waals surface area contributed by atoms with Crippen LogP contribution < -0.4 is 10.1 Å². The molecule has 1 heterocycles. The minimum atomic E-state index is -0.292. The molecule has 120 valence electrons. The number of carbonyl (C=O) groups is 1. The van der Waals surface area contributed by atoms with Crippen LogP contribution in [0, 0.1) is 0 Å². The SMILES string of the molecule is COc1ccc(SC(=O)N=c2ccn(-c3ccccc3)nc2)cc1. The molecule has 6 heteroatoms. The quantitative estimate of drug-likeness (QED) is 0.684. The topological polar surface area (TPSA) is 56.5 Å². The van der Waals surface area contributed by atoms with Crippen molar-refractivity contribution in [1.29, 1.82) is 0 Å². The van der Waals surface area contributed by atoms with E-state index in [1.807, 2.05) is 54.6 Å². The fraction of sp³-hybridized carbons (Fsp3) is 0.0556. The summed E-state index contributed by atoms with van der Waals surface area (Å²) in [5.41, 5.74) is 0.947. The highest BCUT2D eigenvalue weighted by Crippen LogP contribution is 2.22. The Morgan fingerprint density at radius 2 is 1.83 bits per heavy atom. The Bertz CT molecular complexity index is 870. The second kappa shape index (κ2) is 7.61. The Morgan fingerprint density at radius 3 is 2.46 bits per heavy atom. The lowest BCUT2D eigenvalue weighted by atomic mass is 10.3. The van der Waals surface area contributed by atoms with E-state index in [9.17, 15) is 4.79 Å². The molecule has 0 aliphatic rings. The molecular formula is C18H15N3O2S. The molecule has 0 fully saturated rings. The summed E-state index contributed by atoms with van der Waals surface area (Å²) in [6.07, 6.45) is 3.35. The normalized spacial score (nSPS) is 11.3. The first-order valence-corrected chi connectivity index (χ1v) is 8.07. The van der Waals surface area contributed by atoms with E-state index < -0.39 is 0 Å². The lowest BCUT2D eigenvalue weighted by molar-refractivity contribution is 0.267. The predicted molar refractivity (Wildman–Crippen MR) is 93.4 cm³/mol. The van der Waals surface area contributed by atoms with Crippen molar-refractivity contribution >= 4 is 17.0 Å². The van der Waals surface area contributed by atoms with Gasteiger partial charge in [-0.05, 0) is 54.2 Å². The van der Waals surface area contributed by atoms with Crippen LogP contribution in [-0.4, -0.2) is 22.1 Å². The minimum absolute atomic E-state index is 0.292. The second-order valence-corrected chi connectivity index (χ2v) is 5.85. The second-order valence-electron chi connectivity index (χ2n) is 4.82. The summed E-state index contributed by atoms with van der Waals surface area (Å²) in [6.45, 7) is 0. The number of hydrogen-bond donors (Lipinski definition) is 0. The Morgan fingerprint density at radius 1 is 1.08 bits per heavy atom. The number of carbonyl (C=O) groups excluding carboxylic acids is 1. The molecule has 0 saturated heterocycles. The van der Waals surface area contributed by atoms with Gasteiger partial charge in [0.1, 0.15) is 5.75 Å². The zero-order chi connectivity index (χ0) is 16.8. The van der Waals surface area contributed by atoms with Crippen molar-refractivity contribution in [2.45, 2.75) is 4.90 Å². The van der Waals surface area contributed by atoms with Crippen LogP contribution >= 0.6 is 11.8 Å². The number of amides is 1. The minimum Gasteiger partial charge on any atom is -0.497 e. The Kier molecular flexibility index (Phi) is 5.08. The van der Waals surface area contributed by atoms with E-state index in [0.29, 0.717) is 5.36 Å². The Labute approximate surface area is 143 Å². The molecule has 0 N–H and O–H groups in total. The van der Waals surface area contributed by atoms with E-state index in [2.05, 4.69) is 10.1 Å². The van der Waals surface area contributed by atoms with Crippen LogP contribution in [0.1, 0.15) is 0 Å². The molecule has 0 radical (unpaired) electrons. The van der Waals surface area contributed by atoms with Gasteiger partial charge in [0.25, 0.3) is 0 Å². The highest BCUT2D eigenvalue weighted by molar-refractivity contribution is 8.13. The third-order valence-electron chi connectivity index (χ3n) is 3.21. The molecule has 3 rings (SSSR count). The first-order valence-electron chi connectivity index (χ1n) is 7.25. The lowest BCUT2D eigenvalue weighted by Gasteiger charge is -2.03. The summed E-state index contributed by atoms with van der Waals surface area (Å²) in [4.78, 5) is 16.9. The summed E-state index contributed by atoms with van der Waals surface area (Å²) < 4.78 is 6.81. The summed E-state index contributed by atoms with van der Waals surface area (Å²) in [6, 6.07) is 18.8. The average molecular weight is 337 g/mol. The van der Waals surface area contributed by atoms with Crippen molar-refractivity contribution in [2.75, 3.05) is 7.11 Å². The van der Waals surface area contributed by atoms with Crippen LogP contribution in [0.15, 0.2) is 82.9 Å². The molecule has 24 heavy (non-hydrogen) atoms. The van der Waals surface area contributed by atoms with Gasteiger partial charge in [-0.25, -0.2) is 9.67 Å². The summed E-state index contributed by atoms with van der Waals surface area (Å²) in [5, 5.41) is 4.51. The third kappa shape index (κ3) is 4.11. The fourth-order valence-electron chi connectivity index (χ4n) is 2.02. The molecular weight excluding hydrogens is 322 g/mol. The maximum atomic E-state index is 12.0. The van der Waals surface area contributed by atoms with Gasteiger partial charge in [0, 0.05) is 11.1 Å². The molecule has 0 unspecified atom stereocenters. The van der Waals surface area contributed by atoms with E-state index in [4.69, 9.17) is 4.74 Å². The molecule has 0 saturated carbocycles. The van der Waals surface area contributed by atoms with Crippen molar-refractivity contribution in [3.63, 3.8) is 0 Å². The lowest BCUT2D eigenvalue weighted by Crippen LogP contribution is -2.09. The van der Waals surface area contributed by atoms with Gasteiger partial charge in [-0.15, -0.1) is 0 Å². The maximum Gasteiger partial charge on any atom is 0.310 e. The van der Waals surface area contributed by atoms with Crippen molar-refractivity contribution in [3.8, 4) is 11.4 Å². The Balaban J connectivity index is 1.72. The van der Waals surface area contributed by atoms with Crippen LogP contribution in [0.4, 0.5) is 4.79 Å². The molecule has 2 aromatic carbocycles. The largest absolute Gasteiger partial charge is 0.497 e. The van der Waals surface area contributed by atoms with Gasteiger partial charge < -0.3 is 4.74 Å². The van der Waals surface area contributed by atoms with Gasteiger partial charge in [-0.3, -0.25) is 4.79 Å². The van der Waals surface area contributed by atoms with Crippen LogP contribution in [0.5, 0.6) is 5.75 Å². The fourth-order valence-corrected chi connectivity index (χ4v) is 2.65. The smallest absolute Gasteiger partial charge is 0.310 e. The molecule has 0 bridgehead atoms.